The van der Waals surface area contributed by atoms with Crippen molar-refractivity contribution in [1.29, 1.82) is 0 Å². The summed E-state index contributed by atoms with van der Waals surface area (Å²) >= 11 is 0. The van der Waals surface area contributed by atoms with Crippen LogP contribution in [0.15, 0.2) is 17.0 Å². The molecule has 8 heavy (non-hydrogen) atoms. The Morgan fingerprint density at radius 3 is 2.88 bits per heavy atom. The summed E-state index contributed by atoms with van der Waals surface area (Å²) in [6.07, 6.45) is 2.88. The number of rotatable bonds is 0. The maximum absolute atomic E-state index is 5.23. The lowest BCUT2D eigenvalue weighted by atomic mass is 10.7. The number of hydrogen-bond acceptors (Lipinski definition) is 5. The zero-order chi connectivity index (χ0) is 5.98. The van der Waals surface area contributed by atoms with Crippen LogP contribution >= 0.6 is 0 Å². The monoisotopic (exact) mass is 113 g/mol. The van der Waals surface area contributed by atoms with Crippen LogP contribution in [0.2, 0.25) is 0 Å². The van der Waals surface area contributed by atoms with Crippen LogP contribution in [-0.2, 0) is 0 Å². The fourth-order valence-corrected chi connectivity index (χ4v) is 0.383. The van der Waals surface area contributed by atoms with Crippen molar-refractivity contribution in [3.8, 4) is 0 Å². The van der Waals surface area contributed by atoms with Crippen LogP contribution in [-0.4, -0.2) is 11.5 Å². The lowest BCUT2D eigenvalue weighted by Gasteiger charge is -2.15. The van der Waals surface area contributed by atoms with Crippen molar-refractivity contribution in [2.45, 2.75) is 0 Å². The molecule has 0 unspecified atom stereocenters. The van der Waals surface area contributed by atoms with Crippen LogP contribution < -0.4 is 17.0 Å². The summed E-state index contributed by atoms with van der Waals surface area (Å²) in [6.45, 7) is 0. The Kier molecular flexibility index (Phi) is 1.05. The number of nitrogens with one attached hydrogen (secondary N) is 1. The predicted octanol–water partition coefficient (Wildman–Crippen LogP) is -1.53. The largest absolute Gasteiger partial charge is 0.382 e. The SMILES string of the molecule is NC1=CN(N)NC=N1. The van der Waals surface area contributed by atoms with Crippen LogP contribution in [0, 0.1) is 0 Å². The molecule has 0 amide bonds. The average Bonchev–Trinajstić information content (AvgIpc) is 1.64. The molecule has 5 heteroatoms. The Bertz CT molecular complexity index is 137. The number of aliphatic imine (C=N–C) groups is 1. The van der Waals surface area contributed by atoms with Crippen molar-refractivity contribution >= 4 is 6.34 Å². The van der Waals surface area contributed by atoms with Gasteiger partial charge in [-0.1, -0.05) is 0 Å². The zero-order valence-corrected chi connectivity index (χ0v) is 4.20. The van der Waals surface area contributed by atoms with Crippen LogP contribution in [0.4, 0.5) is 0 Å². The molecule has 0 radical (unpaired) electrons. The molecule has 44 valence electrons. The van der Waals surface area contributed by atoms with Gasteiger partial charge in [-0.3, -0.25) is 5.43 Å². The molecule has 0 saturated heterocycles. The molecule has 1 rings (SSSR count). The predicted molar refractivity (Wildman–Crippen MR) is 29.9 cm³/mol. The molecule has 0 aromatic rings. The summed E-state index contributed by atoms with van der Waals surface area (Å²) in [6, 6.07) is 0. The van der Waals surface area contributed by atoms with E-state index in [2.05, 4.69) is 10.4 Å². The topological polar surface area (TPSA) is 79.7 Å². The second-order valence-corrected chi connectivity index (χ2v) is 1.35. The highest BCUT2D eigenvalue weighted by atomic mass is 15.7. The lowest BCUT2D eigenvalue weighted by Crippen LogP contribution is -2.41. The normalized spacial score (nSPS) is 17.6. The van der Waals surface area contributed by atoms with Crippen molar-refractivity contribution in [3.63, 3.8) is 0 Å². The Hall–Kier alpha value is -1.23. The summed E-state index contributed by atoms with van der Waals surface area (Å²) in [5, 5.41) is 1.22. The molecule has 0 saturated carbocycles. The van der Waals surface area contributed by atoms with Crippen molar-refractivity contribution < 1.29 is 0 Å². The third-order valence-corrected chi connectivity index (χ3v) is 0.692. The van der Waals surface area contributed by atoms with Gasteiger partial charge >= 0.3 is 0 Å². The van der Waals surface area contributed by atoms with E-state index < -0.39 is 0 Å². The van der Waals surface area contributed by atoms with Gasteiger partial charge in [0.15, 0.2) is 0 Å². The first-order chi connectivity index (χ1) is 3.79. The van der Waals surface area contributed by atoms with E-state index in [0.29, 0.717) is 5.82 Å². The number of hydrazine groups is 2. The zero-order valence-electron chi connectivity index (χ0n) is 4.20. The molecule has 1 aliphatic heterocycles. The van der Waals surface area contributed by atoms with Gasteiger partial charge < -0.3 is 5.73 Å². The minimum atomic E-state index is 0.395. The Morgan fingerprint density at radius 2 is 2.50 bits per heavy atom. The third kappa shape index (κ3) is 0.881. The summed E-state index contributed by atoms with van der Waals surface area (Å²) in [5.74, 6) is 5.59. The van der Waals surface area contributed by atoms with Gasteiger partial charge in [-0.05, 0) is 0 Å². The number of nitrogens with zero attached hydrogens (tertiary/aromatic N) is 2. The molecule has 1 aliphatic rings. The van der Waals surface area contributed by atoms with E-state index in [9.17, 15) is 0 Å². The van der Waals surface area contributed by atoms with Gasteiger partial charge in [0.05, 0.1) is 6.20 Å². The lowest BCUT2D eigenvalue weighted by molar-refractivity contribution is 0.343. The van der Waals surface area contributed by atoms with Crippen LogP contribution in [0.5, 0.6) is 0 Å². The van der Waals surface area contributed by atoms with Gasteiger partial charge in [0, 0.05) is 0 Å². The van der Waals surface area contributed by atoms with E-state index in [1.165, 1.54) is 17.7 Å². The van der Waals surface area contributed by atoms with Crippen molar-refractivity contribution in [1.82, 2.24) is 10.5 Å². The molecule has 0 atom stereocenters. The van der Waals surface area contributed by atoms with Crippen LogP contribution in [0.3, 0.4) is 0 Å². The van der Waals surface area contributed by atoms with E-state index in [1.54, 1.807) is 0 Å². The van der Waals surface area contributed by atoms with Crippen molar-refractivity contribution in [2.24, 2.45) is 16.6 Å². The molecule has 5 nitrogen and oxygen atoms in total. The van der Waals surface area contributed by atoms with E-state index in [4.69, 9.17) is 11.6 Å². The minimum Gasteiger partial charge on any atom is -0.382 e. The summed E-state index contributed by atoms with van der Waals surface area (Å²) in [7, 11) is 0. The summed E-state index contributed by atoms with van der Waals surface area (Å²) in [5.41, 5.74) is 7.80. The third-order valence-electron chi connectivity index (χ3n) is 0.692. The molecule has 5 N–H and O–H groups in total. The highest BCUT2D eigenvalue weighted by molar-refractivity contribution is 5.56. The standard InChI is InChI=1S/C3H7N5/c4-3-1-8(5)7-2-6-3/h1-2H,4-5H2,(H,6,7). The number of hydrogen-bond donors (Lipinski definition) is 3. The van der Waals surface area contributed by atoms with Gasteiger partial charge in [-0.25, -0.2) is 16.0 Å². The van der Waals surface area contributed by atoms with Gasteiger partial charge in [0.25, 0.3) is 0 Å². The second kappa shape index (κ2) is 1.71. The summed E-state index contributed by atoms with van der Waals surface area (Å²) < 4.78 is 0. The van der Waals surface area contributed by atoms with E-state index in [1.807, 2.05) is 0 Å². The molecule has 0 aromatic carbocycles. The first-order valence-corrected chi connectivity index (χ1v) is 2.09. The van der Waals surface area contributed by atoms with Crippen LogP contribution in [0.1, 0.15) is 0 Å². The Balaban J connectivity index is 2.63. The molecule has 0 bridgehead atoms. The molecule has 0 spiro atoms. The Morgan fingerprint density at radius 1 is 1.75 bits per heavy atom. The summed E-state index contributed by atoms with van der Waals surface area (Å²) in [4.78, 5) is 3.66. The average molecular weight is 113 g/mol. The van der Waals surface area contributed by atoms with E-state index in [0.717, 1.165) is 0 Å². The van der Waals surface area contributed by atoms with Gasteiger partial charge in [0.1, 0.15) is 12.2 Å². The second-order valence-electron chi connectivity index (χ2n) is 1.35. The maximum atomic E-state index is 5.23. The molecular formula is C3H7N5. The van der Waals surface area contributed by atoms with Crippen molar-refractivity contribution in [3.05, 3.63) is 12.0 Å². The molecule has 1 heterocycles. The van der Waals surface area contributed by atoms with E-state index >= 15 is 0 Å². The number of nitrogens with two attached hydrogens (primary N) is 2. The fraction of sp³-hybridized carbons (Fsp3) is 0. The van der Waals surface area contributed by atoms with E-state index in [-0.39, 0.29) is 0 Å². The molecule has 0 aliphatic carbocycles. The van der Waals surface area contributed by atoms with Gasteiger partial charge in [-0.2, -0.15) is 0 Å². The quantitative estimate of drug-likeness (QED) is 0.333. The maximum Gasteiger partial charge on any atom is 0.144 e. The van der Waals surface area contributed by atoms with Crippen LogP contribution in [0.25, 0.3) is 0 Å². The van der Waals surface area contributed by atoms with Gasteiger partial charge in [-0.15, -0.1) is 0 Å². The molecular weight excluding hydrogens is 106 g/mol. The Labute approximate surface area is 46.6 Å². The first-order valence-electron chi connectivity index (χ1n) is 2.09. The highest BCUT2D eigenvalue weighted by Crippen LogP contribution is 1.87. The fourth-order valence-electron chi connectivity index (χ4n) is 0.383. The highest BCUT2D eigenvalue weighted by Gasteiger charge is 1.93. The van der Waals surface area contributed by atoms with Gasteiger partial charge in [0.2, 0.25) is 0 Å². The molecule has 0 aromatic heterocycles. The molecule has 0 fully saturated rings. The van der Waals surface area contributed by atoms with Crippen molar-refractivity contribution in [2.75, 3.05) is 0 Å². The first kappa shape index (κ1) is 4.92. The minimum absolute atomic E-state index is 0.395. The smallest absolute Gasteiger partial charge is 0.144 e.